The molecule has 3 amide bonds. The van der Waals surface area contributed by atoms with Crippen molar-refractivity contribution in [2.75, 3.05) is 19.6 Å². The van der Waals surface area contributed by atoms with Crippen LogP contribution in [0.1, 0.15) is 47.2 Å². The van der Waals surface area contributed by atoms with Crippen molar-refractivity contribution >= 4 is 23.5 Å². The van der Waals surface area contributed by atoms with Crippen LogP contribution in [-0.2, 0) is 6.54 Å². The Morgan fingerprint density at radius 1 is 1.14 bits per heavy atom. The largest absolute Gasteiger partial charge is 0.348 e. The SMILES string of the molecule is CCNC(=O)N1CCC[C@H](c2cccc(C(=O)NCc3ccc(Cl)cc3)c2)C1. The lowest BCUT2D eigenvalue weighted by Crippen LogP contribution is -2.44. The molecule has 6 heteroatoms. The van der Waals surface area contributed by atoms with Gasteiger partial charge in [-0.25, -0.2) is 4.79 Å². The number of halogens is 1. The number of nitrogens with zero attached hydrogens (tertiary/aromatic N) is 1. The summed E-state index contributed by atoms with van der Waals surface area (Å²) in [5.74, 6) is 0.147. The third-order valence-corrected chi connectivity index (χ3v) is 5.28. The summed E-state index contributed by atoms with van der Waals surface area (Å²) in [6.45, 7) is 4.47. The zero-order valence-corrected chi connectivity index (χ0v) is 16.8. The second-order valence-electron chi connectivity index (χ2n) is 7.06. The van der Waals surface area contributed by atoms with Crippen molar-refractivity contribution in [1.29, 1.82) is 0 Å². The van der Waals surface area contributed by atoms with Gasteiger partial charge in [-0.3, -0.25) is 4.79 Å². The van der Waals surface area contributed by atoms with E-state index in [1.165, 1.54) is 0 Å². The fourth-order valence-corrected chi connectivity index (χ4v) is 3.64. The van der Waals surface area contributed by atoms with Crippen LogP contribution in [0.4, 0.5) is 4.79 Å². The number of urea groups is 1. The van der Waals surface area contributed by atoms with Gasteiger partial charge < -0.3 is 15.5 Å². The van der Waals surface area contributed by atoms with Crippen LogP contribution in [0.15, 0.2) is 48.5 Å². The van der Waals surface area contributed by atoms with Gasteiger partial charge in [-0.1, -0.05) is 35.9 Å². The maximum atomic E-state index is 12.6. The number of amides is 3. The molecule has 28 heavy (non-hydrogen) atoms. The molecule has 1 saturated heterocycles. The van der Waals surface area contributed by atoms with Gasteiger partial charge >= 0.3 is 6.03 Å². The first-order valence-electron chi connectivity index (χ1n) is 9.72. The van der Waals surface area contributed by atoms with Crippen LogP contribution in [0.2, 0.25) is 5.02 Å². The highest BCUT2D eigenvalue weighted by atomic mass is 35.5. The second kappa shape index (κ2) is 9.60. The molecule has 1 heterocycles. The molecule has 5 nitrogen and oxygen atoms in total. The molecule has 0 bridgehead atoms. The zero-order chi connectivity index (χ0) is 19.9. The van der Waals surface area contributed by atoms with Crippen LogP contribution in [0.3, 0.4) is 0 Å². The quantitative estimate of drug-likeness (QED) is 0.792. The molecule has 148 valence electrons. The third kappa shape index (κ3) is 5.26. The molecule has 2 aromatic carbocycles. The second-order valence-corrected chi connectivity index (χ2v) is 7.49. The van der Waals surface area contributed by atoms with Crippen LogP contribution >= 0.6 is 11.6 Å². The number of carbonyl (C=O) groups is 2. The molecule has 0 spiro atoms. The van der Waals surface area contributed by atoms with Crippen molar-refractivity contribution in [2.24, 2.45) is 0 Å². The maximum Gasteiger partial charge on any atom is 0.317 e. The Morgan fingerprint density at radius 2 is 1.93 bits per heavy atom. The van der Waals surface area contributed by atoms with E-state index in [1.807, 2.05) is 60.4 Å². The van der Waals surface area contributed by atoms with Crippen LogP contribution < -0.4 is 10.6 Å². The first-order chi connectivity index (χ1) is 13.6. The molecular weight excluding hydrogens is 374 g/mol. The summed E-state index contributed by atoms with van der Waals surface area (Å²) >= 11 is 5.89. The molecule has 0 radical (unpaired) electrons. The Morgan fingerprint density at radius 3 is 2.68 bits per heavy atom. The van der Waals surface area contributed by atoms with E-state index in [4.69, 9.17) is 11.6 Å². The molecular formula is C22H26ClN3O2. The fourth-order valence-electron chi connectivity index (χ4n) is 3.52. The summed E-state index contributed by atoms with van der Waals surface area (Å²) in [5, 5.41) is 6.50. The van der Waals surface area contributed by atoms with E-state index in [9.17, 15) is 9.59 Å². The third-order valence-electron chi connectivity index (χ3n) is 5.02. The molecule has 0 saturated carbocycles. The predicted octanol–water partition coefficient (Wildman–Crippen LogP) is 4.18. The molecule has 2 aromatic rings. The van der Waals surface area contributed by atoms with E-state index < -0.39 is 0 Å². The van der Waals surface area contributed by atoms with Crippen molar-refractivity contribution < 1.29 is 9.59 Å². The number of likely N-dealkylation sites (tertiary alicyclic amines) is 1. The van der Waals surface area contributed by atoms with Crippen LogP contribution in [0.25, 0.3) is 0 Å². The molecule has 2 N–H and O–H groups in total. The van der Waals surface area contributed by atoms with Gasteiger partial charge in [-0.15, -0.1) is 0 Å². The lowest BCUT2D eigenvalue weighted by molar-refractivity contribution is 0.0950. The van der Waals surface area contributed by atoms with Crippen LogP contribution in [0.5, 0.6) is 0 Å². The monoisotopic (exact) mass is 399 g/mol. The normalized spacial score (nSPS) is 16.5. The lowest BCUT2D eigenvalue weighted by atomic mass is 9.89. The number of hydrogen-bond acceptors (Lipinski definition) is 2. The molecule has 1 fully saturated rings. The number of nitrogens with one attached hydrogen (secondary N) is 2. The standard InChI is InChI=1S/C22H26ClN3O2/c1-2-24-22(28)26-12-4-7-19(15-26)17-5-3-6-18(13-17)21(27)25-14-16-8-10-20(23)11-9-16/h3,5-6,8-11,13,19H,2,4,7,12,14-15H2,1H3,(H,24,28)(H,25,27)/t19-/m0/s1. The summed E-state index contributed by atoms with van der Waals surface area (Å²) in [6.07, 6.45) is 1.99. The lowest BCUT2D eigenvalue weighted by Gasteiger charge is -2.33. The van der Waals surface area contributed by atoms with Crippen molar-refractivity contribution in [3.8, 4) is 0 Å². The van der Waals surface area contributed by atoms with Gasteiger partial charge in [-0.2, -0.15) is 0 Å². The van der Waals surface area contributed by atoms with Crippen molar-refractivity contribution in [2.45, 2.75) is 32.2 Å². The minimum atomic E-state index is -0.104. The Labute approximate surface area is 171 Å². The first-order valence-corrected chi connectivity index (χ1v) is 10.1. The Hall–Kier alpha value is -2.53. The minimum absolute atomic E-state index is 0.0101. The van der Waals surface area contributed by atoms with Crippen molar-refractivity contribution in [1.82, 2.24) is 15.5 Å². The van der Waals surface area contributed by atoms with Gasteiger partial charge in [-0.05, 0) is 55.2 Å². The predicted molar refractivity (Wildman–Crippen MR) is 112 cm³/mol. The van der Waals surface area contributed by atoms with Gasteiger partial charge in [0.1, 0.15) is 0 Å². The van der Waals surface area contributed by atoms with Gasteiger partial charge in [0.25, 0.3) is 5.91 Å². The van der Waals surface area contributed by atoms with E-state index in [1.54, 1.807) is 0 Å². The zero-order valence-electron chi connectivity index (χ0n) is 16.1. The average Bonchev–Trinajstić information content (AvgIpc) is 2.73. The molecule has 0 aliphatic carbocycles. The minimum Gasteiger partial charge on any atom is -0.348 e. The summed E-state index contributed by atoms with van der Waals surface area (Å²) < 4.78 is 0. The van der Waals surface area contributed by atoms with Gasteiger partial charge in [0.05, 0.1) is 0 Å². The van der Waals surface area contributed by atoms with Crippen LogP contribution in [-0.4, -0.2) is 36.5 Å². The smallest absolute Gasteiger partial charge is 0.317 e. The molecule has 3 rings (SSSR count). The Bertz CT molecular complexity index is 823. The first kappa shape index (κ1) is 20.2. The molecule has 1 atom stereocenters. The Kier molecular flexibility index (Phi) is 6.93. The maximum absolute atomic E-state index is 12.6. The highest BCUT2D eigenvalue weighted by molar-refractivity contribution is 6.30. The number of rotatable bonds is 5. The van der Waals surface area contributed by atoms with E-state index >= 15 is 0 Å². The average molecular weight is 400 g/mol. The van der Waals surface area contributed by atoms with Gasteiger partial charge in [0, 0.05) is 42.7 Å². The van der Waals surface area contributed by atoms with Crippen LogP contribution in [0, 0.1) is 0 Å². The van der Waals surface area contributed by atoms with Gasteiger partial charge in [0.2, 0.25) is 0 Å². The van der Waals surface area contributed by atoms with E-state index in [2.05, 4.69) is 10.6 Å². The fraction of sp³-hybridized carbons (Fsp3) is 0.364. The number of carbonyl (C=O) groups excluding carboxylic acids is 2. The number of hydrogen-bond donors (Lipinski definition) is 2. The van der Waals surface area contributed by atoms with Gasteiger partial charge in [0.15, 0.2) is 0 Å². The molecule has 1 aliphatic rings. The van der Waals surface area contributed by atoms with E-state index in [-0.39, 0.29) is 17.9 Å². The molecule has 0 aromatic heterocycles. The van der Waals surface area contributed by atoms with E-state index in [0.717, 1.165) is 30.5 Å². The highest BCUT2D eigenvalue weighted by Gasteiger charge is 2.24. The topological polar surface area (TPSA) is 61.4 Å². The number of benzene rings is 2. The summed E-state index contributed by atoms with van der Waals surface area (Å²) in [6, 6.07) is 15.1. The summed E-state index contributed by atoms with van der Waals surface area (Å²) in [5.41, 5.74) is 2.74. The van der Waals surface area contributed by atoms with Crippen molar-refractivity contribution in [3.63, 3.8) is 0 Å². The highest BCUT2D eigenvalue weighted by Crippen LogP contribution is 2.27. The summed E-state index contributed by atoms with van der Waals surface area (Å²) in [7, 11) is 0. The molecule has 1 aliphatic heterocycles. The van der Waals surface area contributed by atoms with E-state index in [0.29, 0.717) is 30.2 Å². The summed E-state index contributed by atoms with van der Waals surface area (Å²) in [4.78, 5) is 26.6. The molecule has 0 unspecified atom stereocenters. The Balaban J connectivity index is 1.63. The van der Waals surface area contributed by atoms with Crippen molar-refractivity contribution in [3.05, 3.63) is 70.2 Å². The number of piperidine rings is 1.